The molecular formula is C15H21NO2S. The lowest BCUT2D eigenvalue weighted by atomic mass is 10.0. The molecule has 1 aliphatic rings. The quantitative estimate of drug-likeness (QED) is 0.869. The van der Waals surface area contributed by atoms with E-state index in [4.69, 9.17) is 0 Å². The Morgan fingerprint density at radius 3 is 3.11 bits per heavy atom. The number of nitrogens with one attached hydrogen (secondary N) is 1. The number of hydrogen-bond acceptors (Lipinski definition) is 3. The monoisotopic (exact) mass is 279 g/mol. The molecule has 0 saturated heterocycles. The summed E-state index contributed by atoms with van der Waals surface area (Å²) < 4.78 is 0. The fourth-order valence-corrected chi connectivity index (χ4v) is 3.58. The maximum atomic E-state index is 12.2. The van der Waals surface area contributed by atoms with Crippen LogP contribution in [0.2, 0.25) is 0 Å². The molecular weight excluding hydrogens is 258 g/mol. The molecule has 2 atom stereocenters. The summed E-state index contributed by atoms with van der Waals surface area (Å²) in [7, 11) is 0. The van der Waals surface area contributed by atoms with E-state index >= 15 is 0 Å². The van der Waals surface area contributed by atoms with Gasteiger partial charge in [0, 0.05) is 6.54 Å². The van der Waals surface area contributed by atoms with Crippen molar-refractivity contribution in [1.29, 1.82) is 0 Å². The second kappa shape index (κ2) is 6.96. The molecule has 4 heteroatoms. The lowest BCUT2D eigenvalue weighted by molar-refractivity contribution is -0.121. The van der Waals surface area contributed by atoms with Gasteiger partial charge in [-0.1, -0.05) is 37.6 Å². The van der Waals surface area contributed by atoms with Crippen molar-refractivity contribution in [2.75, 3.05) is 12.3 Å². The van der Waals surface area contributed by atoms with Crippen molar-refractivity contribution >= 4 is 17.7 Å². The third-order valence-electron chi connectivity index (χ3n) is 3.37. The number of aliphatic hydroxyl groups is 1. The van der Waals surface area contributed by atoms with Gasteiger partial charge >= 0.3 is 0 Å². The number of aliphatic hydroxyl groups excluding tert-OH is 1. The van der Waals surface area contributed by atoms with Gasteiger partial charge in [-0.25, -0.2) is 0 Å². The van der Waals surface area contributed by atoms with E-state index in [0.29, 0.717) is 6.54 Å². The van der Waals surface area contributed by atoms with Gasteiger partial charge in [0.05, 0.1) is 6.10 Å². The van der Waals surface area contributed by atoms with Crippen molar-refractivity contribution in [1.82, 2.24) is 5.32 Å². The summed E-state index contributed by atoms with van der Waals surface area (Å²) in [6.45, 7) is 2.38. The van der Waals surface area contributed by atoms with Crippen LogP contribution in [0, 0.1) is 0 Å². The molecule has 0 bridgehead atoms. The molecule has 2 rings (SSSR count). The summed E-state index contributed by atoms with van der Waals surface area (Å²) in [5.41, 5.74) is 2.40. The van der Waals surface area contributed by atoms with Crippen LogP contribution < -0.4 is 5.32 Å². The van der Waals surface area contributed by atoms with Crippen LogP contribution in [0.3, 0.4) is 0 Å². The van der Waals surface area contributed by atoms with Crippen molar-refractivity contribution < 1.29 is 9.90 Å². The first kappa shape index (κ1) is 14.4. The third-order valence-corrected chi connectivity index (χ3v) is 4.61. The van der Waals surface area contributed by atoms with Gasteiger partial charge in [-0.05, 0) is 29.7 Å². The van der Waals surface area contributed by atoms with Crippen LogP contribution in [0.4, 0.5) is 0 Å². The maximum Gasteiger partial charge on any atom is 0.237 e. The van der Waals surface area contributed by atoms with Crippen LogP contribution >= 0.6 is 11.8 Å². The first-order valence-corrected chi connectivity index (χ1v) is 7.92. The summed E-state index contributed by atoms with van der Waals surface area (Å²) in [6, 6.07) is 8.14. The van der Waals surface area contributed by atoms with Crippen LogP contribution in [0.5, 0.6) is 0 Å². The van der Waals surface area contributed by atoms with Crippen molar-refractivity contribution in [3.05, 3.63) is 35.4 Å². The van der Waals surface area contributed by atoms with Gasteiger partial charge < -0.3 is 10.4 Å². The Hall–Kier alpha value is -1.00. The topological polar surface area (TPSA) is 49.3 Å². The highest BCUT2D eigenvalue weighted by molar-refractivity contribution is 8.00. The van der Waals surface area contributed by atoms with Crippen LogP contribution in [-0.4, -0.2) is 29.4 Å². The van der Waals surface area contributed by atoms with E-state index in [1.165, 1.54) is 5.56 Å². The highest BCUT2D eigenvalue weighted by Gasteiger charge is 2.26. The van der Waals surface area contributed by atoms with E-state index in [-0.39, 0.29) is 11.2 Å². The van der Waals surface area contributed by atoms with E-state index in [1.807, 2.05) is 25.1 Å². The van der Waals surface area contributed by atoms with E-state index in [1.54, 1.807) is 11.8 Å². The second-order valence-electron chi connectivity index (χ2n) is 4.89. The minimum absolute atomic E-state index is 0.0207. The van der Waals surface area contributed by atoms with E-state index < -0.39 is 6.10 Å². The van der Waals surface area contributed by atoms with E-state index in [9.17, 15) is 9.90 Å². The Morgan fingerprint density at radius 2 is 2.32 bits per heavy atom. The van der Waals surface area contributed by atoms with Gasteiger partial charge in [0.25, 0.3) is 0 Å². The van der Waals surface area contributed by atoms with Gasteiger partial charge in [0.1, 0.15) is 5.25 Å². The van der Waals surface area contributed by atoms with Gasteiger partial charge in [-0.2, -0.15) is 0 Å². The molecule has 0 fully saturated rings. The van der Waals surface area contributed by atoms with Crippen molar-refractivity contribution in [3.8, 4) is 0 Å². The number of fused-ring (bicyclic) bond motifs is 1. The standard InChI is InChI=1S/C15H21NO2S/c1-2-5-12(17)10-16-15(18)14-13-7-4-3-6-11(13)8-9-19-14/h3-4,6-7,12,14,17H,2,5,8-10H2,1H3,(H,16,18). The molecule has 0 saturated carbocycles. The fraction of sp³-hybridized carbons (Fsp3) is 0.533. The molecule has 1 aliphatic heterocycles. The highest BCUT2D eigenvalue weighted by Crippen LogP contribution is 2.36. The Morgan fingerprint density at radius 1 is 1.53 bits per heavy atom. The average molecular weight is 279 g/mol. The number of benzene rings is 1. The molecule has 1 aromatic carbocycles. The molecule has 0 radical (unpaired) electrons. The van der Waals surface area contributed by atoms with Crippen LogP contribution in [-0.2, 0) is 11.2 Å². The maximum absolute atomic E-state index is 12.2. The highest BCUT2D eigenvalue weighted by atomic mass is 32.2. The van der Waals surface area contributed by atoms with Crippen LogP contribution in [0.1, 0.15) is 36.1 Å². The van der Waals surface area contributed by atoms with E-state index in [2.05, 4.69) is 11.4 Å². The zero-order valence-electron chi connectivity index (χ0n) is 11.3. The van der Waals surface area contributed by atoms with Crippen molar-refractivity contribution in [3.63, 3.8) is 0 Å². The normalized spacial score (nSPS) is 19.6. The first-order chi connectivity index (χ1) is 9.22. The largest absolute Gasteiger partial charge is 0.391 e. The number of carbonyl (C=O) groups excluding carboxylic acids is 1. The zero-order valence-corrected chi connectivity index (χ0v) is 12.1. The molecule has 0 aliphatic carbocycles. The minimum atomic E-state index is -0.433. The first-order valence-electron chi connectivity index (χ1n) is 6.87. The predicted molar refractivity (Wildman–Crippen MR) is 79.3 cm³/mol. The number of carbonyl (C=O) groups is 1. The average Bonchev–Trinajstić information content (AvgIpc) is 2.44. The summed E-state index contributed by atoms with van der Waals surface area (Å²) in [5.74, 6) is 0.999. The minimum Gasteiger partial charge on any atom is -0.391 e. The lowest BCUT2D eigenvalue weighted by Gasteiger charge is -2.24. The molecule has 0 spiro atoms. The molecule has 1 heterocycles. The Labute approximate surface area is 118 Å². The van der Waals surface area contributed by atoms with Crippen molar-refractivity contribution in [2.45, 2.75) is 37.5 Å². The van der Waals surface area contributed by atoms with Gasteiger partial charge in [-0.15, -0.1) is 11.8 Å². The summed E-state index contributed by atoms with van der Waals surface area (Å²) >= 11 is 1.69. The van der Waals surface area contributed by atoms with Crippen molar-refractivity contribution in [2.24, 2.45) is 0 Å². The fourth-order valence-electron chi connectivity index (χ4n) is 2.36. The van der Waals surface area contributed by atoms with Crippen LogP contribution in [0.25, 0.3) is 0 Å². The second-order valence-corrected chi connectivity index (χ2v) is 6.10. The summed E-state index contributed by atoms with van der Waals surface area (Å²) in [5, 5.41) is 12.4. The summed E-state index contributed by atoms with van der Waals surface area (Å²) in [6.07, 6.45) is 2.26. The molecule has 3 nitrogen and oxygen atoms in total. The third kappa shape index (κ3) is 3.74. The number of amides is 1. The number of rotatable bonds is 5. The molecule has 2 unspecified atom stereocenters. The van der Waals surface area contributed by atoms with E-state index in [0.717, 1.165) is 30.6 Å². The molecule has 1 amide bonds. The lowest BCUT2D eigenvalue weighted by Crippen LogP contribution is -2.35. The Kier molecular flexibility index (Phi) is 5.28. The smallest absolute Gasteiger partial charge is 0.237 e. The number of aryl methyl sites for hydroxylation is 1. The summed E-state index contributed by atoms with van der Waals surface area (Å²) in [4.78, 5) is 12.2. The Bertz CT molecular complexity index is 436. The number of hydrogen-bond donors (Lipinski definition) is 2. The van der Waals surface area contributed by atoms with Gasteiger partial charge in [0.15, 0.2) is 0 Å². The van der Waals surface area contributed by atoms with Gasteiger partial charge in [-0.3, -0.25) is 4.79 Å². The molecule has 0 aromatic heterocycles. The predicted octanol–water partition coefficient (Wildman–Crippen LogP) is 2.29. The Balaban J connectivity index is 1.97. The van der Waals surface area contributed by atoms with Gasteiger partial charge in [0.2, 0.25) is 5.91 Å². The molecule has 2 N–H and O–H groups in total. The SMILES string of the molecule is CCCC(O)CNC(=O)C1SCCc2ccccc21. The zero-order chi connectivity index (χ0) is 13.7. The molecule has 104 valence electrons. The molecule has 1 aromatic rings. The molecule has 19 heavy (non-hydrogen) atoms. The number of thioether (sulfide) groups is 1. The van der Waals surface area contributed by atoms with Crippen LogP contribution in [0.15, 0.2) is 24.3 Å².